The molecule has 0 saturated heterocycles. The molecule has 0 heterocycles. The summed E-state index contributed by atoms with van der Waals surface area (Å²) < 4.78 is 11.2. The third kappa shape index (κ3) is 4.43. The van der Waals surface area contributed by atoms with Gasteiger partial charge in [0.05, 0.1) is 22.2 Å². The van der Waals surface area contributed by atoms with E-state index in [-0.39, 0.29) is 18.0 Å². The van der Waals surface area contributed by atoms with Crippen LogP contribution in [0.15, 0.2) is 46.9 Å². The van der Waals surface area contributed by atoms with E-state index >= 15 is 0 Å². The number of rotatable bonds is 6. The lowest BCUT2D eigenvalue weighted by atomic mass is 10.2. The maximum atomic E-state index is 12.0. The standard InChI is InChI=1S/C15H13BrN2O5/c1-22-14-7-6-10(18(20)21)8-12(14)17-15(19)9-23-13-5-3-2-4-11(13)16/h2-8H,9H2,1H3,(H,17,19). The number of hydrogen-bond donors (Lipinski definition) is 1. The van der Waals surface area contributed by atoms with Crippen LogP contribution in [0.3, 0.4) is 0 Å². The molecule has 2 rings (SSSR count). The van der Waals surface area contributed by atoms with Gasteiger partial charge in [-0.05, 0) is 34.1 Å². The minimum atomic E-state index is -0.549. The molecule has 0 fully saturated rings. The average molecular weight is 381 g/mol. The Labute approximate surface area is 140 Å². The summed E-state index contributed by atoms with van der Waals surface area (Å²) in [6.45, 7) is -0.242. The topological polar surface area (TPSA) is 90.7 Å². The first-order valence-electron chi connectivity index (χ1n) is 6.51. The van der Waals surface area contributed by atoms with Crippen LogP contribution in [0.25, 0.3) is 0 Å². The smallest absolute Gasteiger partial charge is 0.271 e. The molecule has 7 nitrogen and oxygen atoms in total. The van der Waals surface area contributed by atoms with Gasteiger partial charge in [0.25, 0.3) is 11.6 Å². The number of carbonyl (C=O) groups is 1. The molecule has 0 spiro atoms. The van der Waals surface area contributed by atoms with Gasteiger partial charge in [0.2, 0.25) is 0 Å². The Morgan fingerprint density at radius 1 is 1.26 bits per heavy atom. The molecule has 23 heavy (non-hydrogen) atoms. The highest BCUT2D eigenvalue weighted by Crippen LogP contribution is 2.29. The second-order valence-electron chi connectivity index (χ2n) is 4.41. The van der Waals surface area contributed by atoms with Crippen LogP contribution >= 0.6 is 15.9 Å². The molecule has 120 valence electrons. The number of methoxy groups -OCH3 is 1. The summed E-state index contributed by atoms with van der Waals surface area (Å²) in [6.07, 6.45) is 0. The number of nitrogens with one attached hydrogen (secondary N) is 1. The lowest BCUT2D eigenvalue weighted by molar-refractivity contribution is -0.384. The van der Waals surface area contributed by atoms with Crippen molar-refractivity contribution in [3.05, 3.63) is 57.1 Å². The SMILES string of the molecule is COc1ccc([N+](=O)[O-])cc1NC(=O)COc1ccccc1Br. The highest BCUT2D eigenvalue weighted by atomic mass is 79.9. The number of benzene rings is 2. The Bertz CT molecular complexity index is 736. The van der Waals surface area contributed by atoms with E-state index in [0.29, 0.717) is 11.5 Å². The number of amides is 1. The lowest BCUT2D eigenvalue weighted by Crippen LogP contribution is -2.20. The van der Waals surface area contributed by atoms with E-state index in [1.54, 1.807) is 18.2 Å². The van der Waals surface area contributed by atoms with Crippen LogP contribution in [0.1, 0.15) is 0 Å². The Hall–Kier alpha value is -2.61. The summed E-state index contributed by atoms with van der Waals surface area (Å²) in [5, 5.41) is 13.3. The quantitative estimate of drug-likeness (QED) is 0.612. The molecule has 2 aromatic carbocycles. The normalized spacial score (nSPS) is 10.0. The van der Waals surface area contributed by atoms with Gasteiger partial charge in [-0.2, -0.15) is 0 Å². The molecule has 0 bridgehead atoms. The molecule has 8 heteroatoms. The Morgan fingerprint density at radius 3 is 2.65 bits per heavy atom. The zero-order valence-electron chi connectivity index (χ0n) is 12.1. The Kier molecular flexibility index (Phi) is 5.53. The molecule has 0 atom stereocenters. The lowest BCUT2D eigenvalue weighted by Gasteiger charge is -2.11. The molecule has 0 radical (unpaired) electrons. The van der Waals surface area contributed by atoms with Crippen molar-refractivity contribution < 1.29 is 19.2 Å². The maximum absolute atomic E-state index is 12.0. The fraction of sp³-hybridized carbons (Fsp3) is 0.133. The fourth-order valence-corrected chi connectivity index (χ4v) is 2.20. The van der Waals surface area contributed by atoms with Crippen LogP contribution in [0.5, 0.6) is 11.5 Å². The van der Waals surface area contributed by atoms with Crippen LogP contribution < -0.4 is 14.8 Å². The number of ether oxygens (including phenoxy) is 2. The van der Waals surface area contributed by atoms with Gasteiger partial charge in [0.1, 0.15) is 11.5 Å². The number of hydrogen-bond acceptors (Lipinski definition) is 5. The highest BCUT2D eigenvalue weighted by Gasteiger charge is 2.14. The summed E-state index contributed by atoms with van der Waals surface area (Å²) in [7, 11) is 1.41. The third-order valence-corrected chi connectivity index (χ3v) is 3.52. The third-order valence-electron chi connectivity index (χ3n) is 2.86. The average Bonchev–Trinajstić information content (AvgIpc) is 2.54. The van der Waals surface area contributed by atoms with Crippen molar-refractivity contribution in [2.24, 2.45) is 0 Å². The summed E-state index contributed by atoms with van der Waals surface area (Å²) in [5.41, 5.74) is 0.0650. The maximum Gasteiger partial charge on any atom is 0.271 e. The number of halogens is 1. The molecule has 0 aliphatic rings. The van der Waals surface area contributed by atoms with Crippen LogP contribution in [-0.4, -0.2) is 24.5 Å². The van der Waals surface area contributed by atoms with E-state index in [1.165, 1.54) is 25.3 Å². The van der Waals surface area contributed by atoms with Crippen molar-refractivity contribution in [3.8, 4) is 11.5 Å². The van der Waals surface area contributed by atoms with Crippen molar-refractivity contribution in [1.29, 1.82) is 0 Å². The number of non-ortho nitro benzene ring substituents is 1. The van der Waals surface area contributed by atoms with Crippen LogP contribution in [0.4, 0.5) is 11.4 Å². The summed E-state index contributed by atoms with van der Waals surface area (Å²) in [4.78, 5) is 22.2. The first-order valence-corrected chi connectivity index (χ1v) is 7.30. The van der Waals surface area contributed by atoms with Gasteiger partial charge in [-0.15, -0.1) is 0 Å². The minimum Gasteiger partial charge on any atom is -0.495 e. The van der Waals surface area contributed by atoms with Crippen molar-refractivity contribution in [3.63, 3.8) is 0 Å². The largest absolute Gasteiger partial charge is 0.495 e. The van der Waals surface area contributed by atoms with E-state index in [2.05, 4.69) is 21.2 Å². The van der Waals surface area contributed by atoms with Gasteiger partial charge >= 0.3 is 0 Å². The fourth-order valence-electron chi connectivity index (χ4n) is 1.80. The van der Waals surface area contributed by atoms with Gasteiger partial charge < -0.3 is 14.8 Å². The predicted octanol–water partition coefficient (Wildman–Crippen LogP) is 3.38. The number of carbonyl (C=O) groups excluding carboxylic acids is 1. The molecule has 0 saturated carbocycles. The van der Waals surface area contributed by atoms with E-state index < -0.39 is 10.8 Å². The van der Waals surface area contributed by atoms with Crippen LogP contribution in [-0.2, 0) is 4.79 Å². The van der Waals surface area contributed by atoms with E-state index in [0.717, 1.165) is 4.47 Å². The number of anilines is 1. The monoisotopic (exact) mass is 380 g/mol. The number of nitro groups is 1. The molecular weight excluding hydrogens is 368 g/mol. The molecule has 2 aromatic rings. The van der Waals surface area contributed by atoms with Gasteiger partial charge in [-0.3, -0.25) is 14.9 Å². The molecule has 0 aliphatic carbocycles. The summed E-state index contributed by atoms with van der Waals surface area (Å²) >= 11 is 3.31. The zero-order chi connectivity index (χ0) is 16.8. The Balaban J connectivity index is 2.06. The number of nitrogens with zero attached hydrogens (tertiary/aromatic N) is 1. The van der Waals surface area contributed by atoms with E-state index in [1.807, 2.05) is 6.07 Å². The molecule has 1 N–H and O–H groups in total. The van der Waals surface area contributed by atoms with Crippen LogP contribution in [0.2, 0.25) is 0 Å². The van der Waals surface area contributed by atoms with Gasteiger partial charge in [-0.1, -0.05) is 12.1 Å². The van der Waals surface area contributed by atoms with Crippen molar-refractivity contribution >= 4 is 33.2 Å². The molecule has 1 amide bonds. The van der Waals surface area contributed by atoms with Crippen molar-refractivity contribution in [1.82, 2.24) is 0 Å². The Morgan fingerprint density at radius 2 is 2.00 bits per heavy atom. The van der Waals surface area contributed by atoms with Gasteiger partial charge in [-0.25, -0.2) is 0 Å². The van der Waals surface area contributed by atoms with Gasteiger partial charge in [0, 0.05) is 12.1 Å². The molecule has 0 aromatic heterocycles. The molecule has 0 unspecified atom stereocenters. The second-order valence-corrected chi connectivity index (χ2v) is 5.26. The van der Waals surface area contributed by atoms with E-state index in [4.69, 9.17) is 9.47 Å². The highest BCUT2D eigenvalue weighted by molar-refractivity contribution is 9.10. The first kappa shape index (κ1) is 16.8. The number of para-hydroxylation sites is 1. The zero-order valence-corrected chi connectivity index (χ0v) is 13.7. The summed E-state index contributed by atoms with van der Waals surface area (Å²) in [5.74, 6) is 0.387. The predicted molar refractivity (Wildman–Crippen MR) is 87.9 cm³/mol. The van der Waals surface area contributed by atoms with E-state index in [9.17, 15) is 14.9 Å². The molecule has 0 aliphatic heterocycles. The van der Waals surface area contributed by atoms with Crippen molar-refractivity contribution in [2.45, 2.75) is 0 Å². The molecular formula is C15H13BrN2O5. The van der Waals surface area contributed by atoms with Crippen LogP contribution in [0, 0.1) is 10.1 Å². The van der Waals surface area contributed by atoms with Crippen molar-refractivity contribution in [2.75, 3.05) is 19.0 Å². The number of nitro benzene ring substituents is 1. The van der Waals surface area contributed by atoms with Gasteiger partial charge in [0.15, 0.2) is 6.61 Å². The second kappa shape index (κ2) is 7.59. The summed E-state index contributed by atoms with van der Waals surface area (Å²) in [6, 6.07) is 11.1. The first-order chi connectivity index (χ1) is 11.0. The minimum absolute atomic E-state index is 0.146.